The molecule has 0 fully saturated rings. The van der Waals surface area contributed by atoms with Gasteiger partial charge in [-0.25, -0.2) is 4.79 Å². The summed E-state index contributed by atoms with van der Waals surface area (Å²) >= 11 is 5.54. The molecule has 0 saturated heterocycles. The van der Waals surface area contributed by atoms with Crippen molar-refractivity contribution in [3.05, 3.63) is 35.9 Å². The first kappa shape index (κ1) is 28.8. The molecule has 5 unspecified atom stereocenters. The van der Waals surface area contributed by atoms with Crippen LogP contribution in [-0.2, 0) is 25.6 Å². The van der Waals surface area contributed by atoms with Gasteiger partial charge in [-0.2, -0.15) is 24.4 Å². The number of nitrogens with one attached hydrogen (secondary N) is 3. The molecule has 0 bridgehead atoms. The van der Waals surface area contributed by atoms with Gasteiger partial charge in [0.1, 0.15) is 12.1 Å². The van der Waals surface area contributed by atoms with Crippen molar-refractivity contribution in [2.75, 3.05) is 17.8 Å². The topological polar surface area (TPSA) is 171 Å². The van der Waals surface area contributed by atoms with Crippen molar-refractivity contribution < 1.29 is 29.4 Å². The Labute approximate surface area is 202 Å². The number of benzene rings is 1. The van der Waals surface area contributed by atoms with Gasteiger partial charge in [0.25, 0.3) is 0 Å². The lowest BCUT2D eigenvalue weighted by molar-refractivity contribution is -0.145. The molecule has 12 heteroatoms. The van der Waals surface area contributed by atoms with Gasteiger partial charge in [-0.15, -0.1) is 0 Å². The fraction of sp³-hybridized carbons (Fsp3) is 0.524. The number of nitrogens with two attached hydrogens (primary N) is 1. The minimum absolute atomic E-state index is 0.125. The van der Waals surface area contributed by atoms with Gasteiger partial charge >= 0.3 is 5.97 Å². The van der Waals surface area contributed by atoms with Gasteiger partial charge in [0, 0.05) is 5.75 Å². The Morgan fingerprint density at radius 2 is 1.61 bits per heavy atom. The standard InChI is InChI=1S/C21H32N4O6S2/c1-12(26)17(21(30)31)25-20(29)16(11-32)24-19(28)15(8-9-33-2)23-18(27)14(22)10-13-6-4-3-5-7-13/h3-7,12,14-17,26,32H,8-11,22H2,1-2H3,(H,23,27)(H,24,28)(H,25,29)(H,30,31). The fourth-order valence-corrected chi connectivity index (χ4v) is 3.58. The zero-order valence-electron chi connectivity index (χ0n) is 18.6. The zero-order chi connectivity index (χ0) is 25.0. The van der Waals surface area contributed by atoms with E-state index in [0.29, 0.717) is 18.6 Å². The second kappa shape index (κ2) is 14.8. The van der Waals surface area contributed by atoms with Gasteiger partial charge in [0.2, 0.25) is 17.7 Å². The number of hydrogen-bond donors (Lipinski definition) is 7. The van der Waals surface area contributed by atoms with Crippen molar-refractivity contribution in [3.8, 4) is 0 Å². The van der Waals surface area contributed by atoms with Crippen molar-refractivity contribution in [2.45, 2.75) is 50.0 Å². The molecule has 3 amide bonds. The molecule has 0 aliphatic rings. The van der Waals surface area contributed by atoms with E-state index in [1.165, 1.54) is 18.7 Å². The Kier molecular flexibility index (Phi) is 12.9. The first-order valence-electron chi connectivity index (χ1n) is 10.3. The number of carboxylic acids is 1. The van der Waals surface area contributed by atoms with E-state index in [0.717, 1.165) is 5.56 Å². The lowest BCUT2D eigenvalue weighted by atomic mass is 10.1. The third kappa shape index (κ3) is 10.0. The minimum atomic E-state index is -1.54. The summed E-state index contributed by atoms with van der Waals surface area (Å²) in [6.07, 6.45) is 1.09. The van der Waals surface area contributed by atoms with Crippen LogP contribution in [0, 0.1) is 0 Å². The van der Waals surface area contributed by atoms with Crippen LogP contribution in [-0.4, -0.2) is 81.9 Å². The second-order valence-electron chi connectivity index (χ2n) is 7.45. The van der Waals surface area contributed by atoms with Gasteiger partial charge in [-0.05, 0) is 37.3 Å². The Bertz CT molecular complexity index is 796. The molecule has 7 N–H and O–H groups in total. The third-order valence-corrected chi connectivity index (χ3v) is 5.75. The summed E-state index contributed by atoms with van der Waals surface area (Å²) in [5.74, 6) is -2.93. The summed E-state index contributed by atoms with van der Waals surface area (Å²) in [5.41, 5.74) is 6.89. The van der Waals surface area contributed by atoms with E-state index >= 15 is 0 Å². The molecule has 0 spiro atoms. The van der Waals surface area contributed by atoms with Gasteiger partial charge < -0.3 is 31.9 Å². The lowest BCUT2D eigenvalue weighted by Gasteiger charge is -2.25. The number of carboxylic acid groups (broad SMARTS) is 1. The largest absolute Gasteiger partial charge is 0.480 e. The van der Waals surface area contributed by atoms with Gasteiger partial charge in [0.15, 0.2) is 6.04 Å². The predicted octanol–water partition coefficient (Wildman–Crippen LogP) is -0.841. The van der Waals surface area contributed by atoms with E-state index in [2.05, 4.69) is 28.6 Å². The summed E-state index contributed by atoms with van der Waals surface area (Å²) in [7, 11) is 0. The van der Waals surface area contributed by atoms with E-state index < -0.39 is 54.0 Å². The minimum Gasteiger partial charge on any atom is -0.480 e. The highest BCUT2D eigenvalue weighted by Gasteiger charge is 2.31. The van der Waals surface area contributed by atoms with Crippen molar-refractivity contribution in [1.82, 2.24) is 16.0 Å². The van der Waals surface area contributed by atoms with E-state index in [4.69, 9.17) is 10.8 Å². The first-order valence-corrected chi connectivity index (χ1v) is 12.3. The number of carbonyl (C=O) groups excluding carboxylic acids is 3. The van der Waals surface area contributed by atoms with Crippen LogP contribution in [0.3, 0.4) is 0 Å². The molecule has 1 aromatic carbocycles. The maximum Gasteiger partial charge on any atom is 0.328 e. The lowest BCUT2D eigenvalue weighted by Crippen LogP contribution is -2.59. The molecule has 0 saturated carbocycles. The van der Waals surface area contributed by atoms with Crippen molar-refractivity contribution >= 4 is 48.1 Å². The van der Waals surface area contributed by atoms with Gasteiger partial charge in [0.05, 0.1) is 12.1 Å². The summed E-state index contributed by atoms with van der Waals surface area (Å²) in [4.78, 5) is 49.1. The predicted molar refractivity (Wildman–Crippen MR) is 130 cm³/mol. The maximum atomic E-state index is 12.8. The first-order chi connectivity index (χ1) is 15.6. The number of hydrogen-bond acceptors (Lipinski definition) is 8. The molecular formula is C21H32N4O6S2. The molecular weight excluding hydrogens is 468 g/mol. The van der Waals surface area contributed by atoms with Gasteiger partial charge in [-0.3, -0.25) is 14.4 Å². The molecule has 0 heterocycles. The second-order valence-corrected chi connectivity index (χ2v) is 8.80. The number of aliphatic hydroxyl groups is 1. The number of thiol groups is 1. The molecule has 184 valence electrons. The highest BCUT2D eigenvalue weighted by atomic mass is 32.2. The Hall–Kier alpha value is -2.28. The smallest absolute Gasteiger partial charge is 0.328 e. The Balaban J connectivity index is 2.82. The number of aliphatic hydroxyl groups excluding tert-OH is 1. The van der Waals surface area contributed by atoms with Crippen LogP contribution >= 0.6 is 24.4 Å². The van der Waals surface area contributed by atoms with E-state index in [9.17, 15) is 24.3 Å². The molecule has 33 heavy (non-hydrogen) atoms. The fourth-order valence-electron chi connectivity index (χ4n) is 2.85. The van der Waals surface area contributed by atoms with Crippen LogP contribution in [0.5, 0.6) is 0 Å². The van der Waals surface area contributed by atoms with Crippen LogP contribution in [0.25, 0.3) is 0 Å². The molecule has 0 aromatic heterocycles. The average Bonchev–Trinajstić information content (AvgIpc) is 2.78. The Morgan fingerprint density at radius 1 is 1.03 bits per heavy atom. The third-order valence-electron chi connectivity index (χ3n) is 4.74. The SMILES string of the molecule is CSCCC(NC(=O)C(N)Cc1ccccc1)C(=O)NC(CS)C(=O)NC(C(=O)O)C(C)O. The number of aliphatic carboxylic acids is 1. The average molecular weight is 501 g/mol. The number of amides is 3. The highest BCUT2D eigenvalue weighted by Crippen LogP contribution is 2.06. The summed E-state index contributed by atoms with van der Waals surface area (Å²) in [5, 5.41) is 26.0. The normalized spacial score (nSPS) is 15.4. The maximum absolute atomic E-state index is 12.8. The van der Waals surface area contributed by atoms with Gasteiger partial charge in [-0.1, -0.05) is 30.3 Å². The van der Waals surface area contributed by atoms with E-state index in [1.807, 2.05) is 36.6 Å². The molecule has 1 rings (SSSR count). The van der Waals surface area contributed by atoms with Crippen LogP contribution < -0.4 is 21.7 Å². The molecule has 0 aliphatic heterocycles. The molecule has 5 atom stereocenters. The van der Waals surface area contributed by atoms with Crippen molar-refractivity contribution in [2.24, 2.45) is 5.73 Å². The van der Waals surface area contributed by atoms with Crippen LogP contribution in [0.2, 0.25) is 0 Å². The molecule has 1 aromatic rings. The number of carbonyl (C=O) groups is 4. The quantitative estimate of drug-likeness (QED) is 0.162. The Morgan fingerprint density at radius 3 is 2.12 bits per heavy atom. The summed E-state index contributed by atoms with van der Waals surface area (Å²) < 4.78 is 0. The molecule has 0 aliphatic carbocycles. The number of thioether (sulfide) groups is 1. The highest BCUT2D eigenvalue weighted by molar-refractivity contribution is 7.98. The van der Waals surface area contributed by atoms with Crippen LogP contribution in [0.4, 0.5) is 0 Å². The van der Waals surface area contributed by atoms with Crippen molar-refractivity contribution in [3.63, 3.8) is 0 Å². The monoisotopic (exact) mass is 500 g/mol. The van der Waals surface area contributed by atoms with E-state index in [1.54, 1.807) is 0 Å². The van der Waals surface area contributed by atoms with Crippen LogP contribution in [0.15, 0.2) is 30.3 Å². The number of rotatable bonds is 14. The molecule has 0 radical (unpaired) electrons. The van der Waals surface area contributed by atoms with E-state index in [-0.39, 0.29) is 5.75 Å². The van der Waals surface area contributed by atoms with Crippen LogP contribution in [0.1, 0.15) is 18.9 Å². The van der Waals surface area contributed by atoms with Crippen molar-refractivity contribution in [1.29, 1.82) is 0 Å². The molecule has 10 nitrogen and oxygen atoms in total. The summed E-state index contributed by atoms with van der Waals surface area (Å²) in [6, 6.07) is 4.68. The summed E-state index contributed by atoms with van der Waals surface area (Å²) in [6.45, 7) is 1.22. The zero-order valence-corrected chi connectivity index (χ0v) is 20.3.